The molecule has 2 aliphatic heterocycles. The van der Waals surface area contributed by atoms with Gasteiger partial charge < -0.3 is 4.90 Å². The predicted molar refractivity (Wildman–Crippen MR) is 77.0 cm³/mol. The second kappa shape index (κ2) is 5.82. The van der Waals surface area contributed by atoms with Crippen molar-refractivity contribution in [1.82, 2.24) is 9.80 Å². The fraction of sp³-hybridized carbons (Fsp3) is 0.938. The Morgan fingerprint density at radius 1 is 0.947 bits per heavy atom. The highest BCUT2D eigenvalue weighted by Gasteiger charge is 2.39. The third-order valence-electron chi connectivity index (χ3n) is 5.53. The Morgan fingerprint density at radius 3 is 2.37 bits per heavy atom. The highest BCUT2D eigenvalue weighted by molar-refractivity contribution is 5.74. The Kier molecular flexibility index (Phi) is 4.11. The standard InChI is InChI=1S/C16H28N2O/c1-13(19)18-11-5-9-16(18)15-8-4-10-17(15)12-14-6-2-3-7-14/h14-16H,2-12H2,1H3/t15-,16+/m1/s1. The summed E-state index contributed by atoms with van der Waals surface area (Å²) in [5, 5.41) is 0. The van der Waals surface area contributed by atoms with E-state index in [0.29, 0.717) is 12.1 Å². The SMILES string of the molecule is CC(=O)N1CCC[C@H]1[C@H]1CCCN1CC1CCCC1. The summed E-state index contributed by atoms with van der Waals surface area (Å²) < 4.78 is 0. The van der Waals surface area contributed by atoms with Crippen molar-refractivity contribution in [2.24, 2.45) is 5.92 Å². The van der Waals surface area contributed by atoms with Gasteiger partial charge in [-0.1, -0.05) is 12.8 Å². The molecule has 0 radical (unpaired) electrons. The van der Waals surface area contributed by atoms with Gasteiger partial charge in [-0.25, -0.2) is 0 Å². The molecule has 0 aromatic rings. The number of carbonyl (C=O) groups excluding carboxylic acids is 1. The van der Waals surface area contributed by atoms with Gasteiger partial charge >= 0.3 is 0 Å². The average molecular weight is 264 g/mol. The second-order valence-corrected chi connectivity index (χ2v) is 6.78. The number of rotatable bonds is 3. The first kappa shape index (κ1) is 13.4. The molecule has 3 heteroatoms. The van der Waals surface area contributed by atoms with Gasteiger partial charge in [0.25, 0.3) is 0 Å². The zero-order chi connectivity index (χ0) is 13.2. The Bertz CT molecular complexity index is 325. The van der Waals surface area contributed by atoms with Gasteiger partial charge in [-0.3, -0.25) is 9.69 Å². The maximum Gasteiger partial charge on any atom is 0.219 e. The maximum atomic E-state index is 11.8. The van der Waals surface area contributed by atoms with Crippen LogP contribution in [0.1, 0.15) is 58.3 Å². The third kappa shape index (κ3) is 2.81. The number of likely N-dealkylation sites (tertiary alicyclic amines) is 2. The molecule has 0 N–H and O–H groups in total. The monoisotopic (exact) mass is 264 g/mol. The predicted octanol–water partition coefficient (Wildman–Crippen LogP) is 2.65. The number of carbonyl (C=O) groups is 1. The molecule has 0 aromatic carbocycles. The molecule has 19 heavy (non-hydrogen) atoms. The topological polar surface area (TPSA) is 23.6 Å². The molecule has 3 fully saturated rings. The molecule has 0 spiro atoms. The molecule has 0 aromatic heterocycles. The number of hydrogen-bond acceptors (Lipinski definition) is 2. The normalized spacial score (nSPS) is 33.4. The van der Waals surface area contributed by atoms with Crippen molar-refractivity contribution < 1.29 is 4.79 Å². The van der Waals surface area contributed by atoms with Gasteiger partial charge in [0, 0.05) is 32.1 Å². The van der Waals surface area contributed by atoms with Crippen LogP contribution >= 0.6 is 0 Å². The van der Waals surface area contributed by atoms with Crippen LogP contribution in [-0.2, 0) is 4.79 Å². The Morgan fingerprint density at radius 2 is 1.63 bits per heavy atom. The lowest BCUT2D eigenvalue weighted by Crippen LogP contribution is -2.48. The van der Waals surface area contributed by atoms with Crippen LogP contribution in [0.15, 0.2) is 0 Å². The summed E-state index contributed by atoms with van der Waals surface area (Å²) in [6.45, 7) is 5.30. The molecule has 1 saturated carbocycles. The summed E-state index contributed by atoms with van der Waals surface area (Å²) in [6.07, 6.45) is 10.8. The van der Waals surface area contributed by atoms with Crippen LogP contribution in [-0.4, -0.2) is 47.4 Å². The number of amides is 1. The highest BCUT2D eigenvalue weighted by atomic mass is 16.2. The summed E-state index contributed by atoms with van der Waals surface area (Å²) in [7, 11) is 0. The first-order valence-electron chi connectivity index (χ1n) is 8.27. The molecule has 108 valence electrons. The summed E-state index contributed by atoms with van der Waals surface area (Å²) in [5.74, 6) is 1.22. The van der Waals surface area contributed by atoms with Crippen LogP contribution in [0, 0.1) is 5.92 Å². The Labute approximate surface area is 117 Å². The van der Waals surface area contributed by atoms with Gasteiger partial charge in [-0.2, -0.15) is 0 Å². The minimum atomic E-state index is 0.287. The van der Waals surface area contributed by atoms with E-state index < -0.39 is 0 Å². The van der Waals surface area contributed by atoms with Gasteiger partial charge in [0.2, 0.25) is 5.91 Å². The summed E-state index contributed by atoms with van der Waals surface area (Å²) >= 11 is 0. The molecular formula is C16H28N2O. The smallest absolute Gasteiger partial charge is 0.219 e. The van der Waals surface area contributed by atoms with Crippen LogP contribution in [0.25, 0.3) is 0 Å². The van der Waals surface area contributed by atoms with E-state index in [1.165, 1.54) is 64.5 Å². The molecule has 1 amide bonds. The van der Waals surface area contributed by atoms with E-state index in [9.17, 15) is 4.79 Å². The van der Waals surface area contributed by atoms with E-state index in [2.05, 4.69) is 9.80 Å². The fourth-order valence-electron chi connectivity index (χ4n) is 4.62. The lowest BCUT2D eigenvalue weighted by atomic mass is 10.0. The van der Waals surface area contributed by atoms with E-state index in [1.54, 1.807) is 6.92 Å². The van der Waals surface area contributed by atoms with Gasteiger partial charge in [-0.15, -0.1) is 0 Å². The van der Waals surface area contributed by atoms with Gasteiger partial charge in [0.05, 0.1) is 0 Å². The van der Waals surface area contributed by atoms with Crippen molar-refractivity contribution >= 4 is 5.91 Å². The molecule has 2 atom stereocenters. The van der Waals surface area contributed by atoms with Crippen molar-refractivity contribution in [3.8, 4) is 0 Å². The average Bonchev–Trinajstić information content (AvgIpc) is 3.08. The van der Waals surface area contributed by atoms with Gasteiger partial charge in [0.15, 0.2) is 0 Å². The molecule has 3 rings (SSSR count). The van der Waals surface area contributed by atoms with Crippen molar-refractivity contribution in [2.45, 2.75) is 70.4 Å². The van der Waals surface area contributed by atoms with Gasteiger partial charge in [0.1, 0.15) is 0 Å². The van der Waals surface area contributed by atoms with E-state index in [0.717, 1.165) is 12.5 Å². The van der Waals surface area contributed by atoms with Crippen LogP contribution in [0.3, 0.4) is 0 Å². The fourth-order valence-corrected chi connectivity index (χ4v) is 4.62. The van der Waals surface area contributed by atoms with Crippen LogP contribution in [0.2, 0.25) is 0 Å². The molecule has 2 heterocycles. The lowest BCUT2D eigenvalue weighted by Gasteiger charge is -2.35. The number of hydrogen-bond donors (Lipinski definition) is 0. The maximum absolute atomic E-state index is 11.8. The summed E-state index contributed by atoms with van der Waals surface area (Å²) in [6, 6.07) is 1.17. The van der Waals surface area contributed by atoms with E-state index in [-0.39, 0.29) is 5.91 Å². The zero-order valence-electron chi connectivity index (χ0n) is 12.3. The first-order chi connectivity index (χ1) is 9.25. The van der Waals surface area contributed by atoms with Crippen molar-refractivity contribution in [2.75, 3.05) is 19.6 Å². The number of nitrogens with zero attached hydrogens (tertiary/aromatic N) is 2. The molecule has 0 bridgehead atoms. The van der Waals surface area contributed by atoms with Crippen molar-refractivity contribution in [1.29, 1.82) is 0 Å². The van der Waals surface area contributed by atoms with E-state index >= 15 is 0 Å². The van der Waals surface area contributed by atoms with E-state index in [1.807, 2.05) is 0 Å². The van der Waals surface area contributed by atoms with Crippen LogP contribution in [0.5, 0.6) is 0 Å². The van der Waals surface area contributed by atoms with Crippen LogP contribution in [0.4, 0.5) is 0 Å². The van der Waals surface area contributed by atoms with Crippen molar-refractivity contribution in [3.05, 3.63) is 0 Å². The zero-order valence-corrected chi connectivity index (χ0v) is 12.3. The highest BCUT2D eigenvalue weighted by Crippen LogP contribution is 2.33. The van der Waals surface area contributed by atoms with Crippen LogP contribution < -0.4 is 0 Å². The molecule has 0 unspecified atom stereocenters. The molecular weight excluding hydrogens is 236 g/mol. The first-order valence-corrected chi connectivity index (χ1v) is 8.27. The third-order valence-corrected chi connectivity index (χ3v) is 5.53. The minimum absolute atomic E-state index is 0.287. The Balaban J connectivity index is 1.63. The summed E-state index contributed by atoms with van der Waals surface area (Å²) in [5.41, 5.74) is 0. The largest absolute Gasteiger partial charge is 0.338 e. The second-order valence-electron chi connectivity index (χ2n) is 6.78. The van der Waals surface area contributed by atoms with Gasteiger partial charge in [-0.05, 0) is 51.0 Å². The summed E-state index contributed by atoms with van der Waals surface area (Å²) in [4.78, 5) is 16.6. The van der Waals surface area contributed by atoms with E-state index in [4.69, 9.17) is 0 Å². The Hall–Kier alpha value is -0.570. The minimum Gasteiger partial charge on any atom is -0.338 e. The molecule has 2 saturated heterocycles. The lowest BCUT2D eigenvalue weighted by molar-refractivity contribution is -0.130. The van der Waals surface area contributed by atoms with Crippen molar-refractivity contribution in [3.63, 3.8) is 0 Å². The quantitative estimate of drug-likeness (QED) is 0.782. The molecule has 1 aliphatic carbocycles. The molecule has 3 aliphatic rings. The molecule has 3 nitrogen and oxygen atoms in total.